The number of nitrogens with zero attached hydrogens (tertiary/aromatic N) is 2. The Kier molecular flexibility index (Phi) is 5.28. The van der Waals surface area contributed by atoms with Crippen LogP contribution in [0.1, 0.15) is 25.8 Å². The summed E-state index contributed by atoms with van der Waals surface area (Å²) < 4.78 is 1.63. The Hall–Kier alpha value is -2.05. The highest BCUT2D eigenvalue weighted by Crippen LogP contribution is 2.22. The molecule has 0 aliphatic heterocycles. The molecule has 1 heterocycles. The summed E-state index contributed by atoms with van der Waals surface area (Å²) in [6, 6.07) is 6.98. The summed E-state index contributed by atoms with van der Waals surface area (Å²) in [6.07, 6.45) is 2.27. The van der Waals surface area contributed by atoms with Gasteiger partial charge in [-0.3, -0.25) is 5.32 Å². The molecule has 0 aliphatic rings. The monoisotopic (exact) mass is 336 g/mol. The van der Waals surface area contributed by atoms with Gasteiger partial charge in [0.25, 0.3) is 0 Å². The molecule has 23 heavy (non-hydrogen) atoms. The summed E-state index contributed by atoms with van der Waals surface area (Å²) in [5.74, 6) is 0.460. The second-order valence-electron chi connectivity index (χ2n) is 5.99. The third kappa shape index (κ3) is 4.46. The first-order valence-corrected chi connectivity index (χ1v) is 7.71. The summed E-state index contributed by atoms with van der Waals surface area (Å²) >= 11 is 6.16. The second kappa shape index (κ2) is 7.02. The van der Waals surface area contributed by atoms with Gasteiger partial charge >= 0.3 is 6.03 Å². The van der Waals surface area contributed by atoms with Crippen LogP contribution >= 0.6 is 11.6 Å². The molecule has 0 aliphatic carbocycles. The highest BCUT2D eigenvalue weighted by Gasteiger charge is 2.20. The Balaban J connectivity index is 2.13. The average molecular weight is 337 g/mol. The molecule has 0 fully saturated rings. The number of aryl methyl sites for hydroxylation is 1. The van der Waals surface area contributed by atoms with Gasteiger partial charge in [-0.15, -0.1) is 5.10 Å². The lowest BCUT2D eigenvalue weighted by atomic mass is 10.0. The van der Waals surface area contributed by atoms with E-state index in [4.69, 9.17) is 16.7 Å². The number of anilines is 1. The molecule has 3 N–H and O–H groups in total. The number of aromatic nitrogens is 2. The Bertz CT molecular complexity index is 697. The molecule has 1 aromatic heterocycles. The number of carbonyl (C=O) groups is 1. The van der Waals surface area contributed by atoms with Gasteiger partial charge in [0, 0.05) is 23.9 Å². The smallest absolute Gasteiger partial charge is 0.320 e. The van der Waals surface area contributed by atoms with Gasteiger partial charge in [0.05, 0.1) is 10.7 Å². The first kappa shape index (κ1) is 17.3. The molecule has 2 amide bonds. The summed E-state index contributed by atoms with van der Waals surface area (Å²) in [4.78, 5) is 12.1. The van der Waals surface area contributed by atoms with Crippen molar-refractivity contribution in [2.24, 2.45) is 0 Å². The Morgan fingerprint density at radius 2 is 2.09 bits per heavy atom. The van der Waals surface area contributed by atoms with E-state index in [1.165, 1.54) is 0 Å². The number of hydrogen-bond acceptors (Lipinski definition) is 3. The van der Waals surface area contributed by atoms with Crippen LogP contribution in [0.4, 0.5) is 10.6 Å². The number of amides is 2. The van der Waals surface area contributed by atoms with Gasteiger partial charge < -0.3 is 10.4 Å². The van der Waals surface area contributed by atoms with E-state index in [0.29, 0.717) is 17.3 Å². The topological polar surface area (TPSA) is 79.2 Å². The van der Waals surface area contributed by atoms with E-state index in [2.05, 4.69) is 15.7 Å². The van der Waals surface area contributed by atoms with Crippen molar-refractivity contribution >= 4 is 23.4 Å². The quantitative estimate of drug-likeness (QED) is 0.785. The molecule has 2 aromatic rings. The molecule has 0 saturated heterocycles. The highest BCUT2D eigenvalue weighted by atomic mass is 35.5. The maximum atomic E-state index is 12.1. The number of carbonyl (C=O) groups excluding carboxylic acids is 1. The molecule has 6 nitrogen and oxygen atoms in total. The Labute approximate surface area is 140 Å². The SMILES string of the molecule is Cc1cn(-c2ccccc2Cl)nc1NC(=O)NC(C)(C)CCO. The van der Waals surface area contributed by atoms with Crippen LogP contribution in [-0.2, 0) is 0 Å². The molecule has 0 radical (unpaired) electrons. The van der Waals surface area contributed by atoms with E-state index in [-0.39, 0.29) is 12.6 Å². The molecular weight excluding hydrogens is 316 g/mol. The van der Waals surface area contributed by atoms with Crippen molar-refractivity contribution in [3.05, 3.63) is 41.0 Å². The molecule has 0 unspecified atom stereocenters. The van der Waals surface area contributed by atoms with Crippen molar-refractivity contribution in [3.8, 4) is 5.69 Å². The highest BCUT2D eigenvalue weighted by molar-refractivity contribution is 6.32. The van der Waals surface area contributed by atoms with Crippen LogP contribution in [0.25, 0.3) is 5.69 Å². The lowest BCUT2D eigenvalue weighted by Crippen LogP contribution is -2.46. The van der Waals surface area contributed by atoms with E-state index in [1.807, 2.05) is 39.0 Å². The van der Waals surface area contributed by atoms with Gasteiger partial charge in [0.2, 0.25) is 0 Å². The summed E-state index contributed by atoms with van der Waals surface area (Å²) in [5.41, 5.74) is 1.06. The van der Waals surface area contributed by atoms with Crippen LogP contribution in [0.3, 0.4) is 0 Å². The van der Waals surface area contributed by atoms with Gasteiger partial charge in [0.1, 0.15) is 0 Å². The van der Waals surface area contributed by atoms with Crippen molar-refractivity contribution < 1.29 is 9.90 Å². The largest absolute Gasteiger partial charge is 0.396 e. The maximum absolute atomic E-state index is 12.1. The van der Waals surface area contributed by atoms with Crippen LogP contribution in [0.15, 0.2) is 30.5 Å². The van der Waals surface area contributed by atoms with Gasteiger partial charge in [-0.05, 0) is 39.3 Å². The van der Waals surface area contributed by atoms with Crippen LogP contribution in [-0.4, -0.2) is 33.1 Å². The average Bonchev–Trinajstić information content (AvgIpc) is 2.79. The molecular formula is C16H21ClN4O2. The van der Waals surface area contributed by atoms with Crippen molar-refractivity contribution in [1.29, 1.82) is 0 Å². The summed E-state index contributed by atoms with van der Waals surface area (Å²) in [5, 5.41) is 19.5. The number of nitrogens with one attached hydrogen (secondary N) is 2. The fourth-order valence-corrected chi connectivity index (χ4v) is 2.36. The van der Waals surface area contributed by atoms with Crippen LogP contribution < -0.4 is 10.6 Å². The zero-order valence-corrected chi connectivity index (χ0v) is 14.2. The minimum atomic E-state index is -0.502. The molecule has 1 aromatic carbocycles. The van der Waals surface area contributed by atoms with Crippen molar-refractivity contribution in [1.82, 2.24) is 15.1 Å². The minimum absolute atomic E-state index is 0.00738. The Morgan fingerprint density at radius 3 is 2.74 bits per heavy atom. The standard InChI is InChI=1S/C16H21ClN4O2/c1-11-10-21(13-7-5-4-6-12(13)17)20-14(11)18-15(23)19-16(2,3)8-9-22/h4-7,10,22H,8-9H2,1-3H3,(H2,18,19,20,23). The number of hydrogen-bond donors (Lipinski definition) is 3. The number of halogens is 1. The van der Waals surface area contributed by atoms with Crippen LogP contribution in [0.5, 0.6) is 0 Å². The van der Waals surface area contributed by atoms with E-state index >= 15 is 0 Å². The first-order chi connectivity index (χ1) is 10.8. The van der Waals surface area contributed by atoms with Crippen molar-refractivity contribution in [3.63, 3.8) is 0 Å². The molecule has 2 rings (SSSR count). The number of benzene rings is 1. The summed E-state index contributed by atoms with van der Waals surface area (Å²) in [6.45, 7) is 5.55. The fourth-order valence-electron chi connectivity index (χ4n) is 2.13. The third-order valence-electron chi connectivity index (χ3n) is 3.42. The third-order valence-corrected chi connectivity index (χ3v) is 3.74. The minimum Gasteiger partial charge on any atom is -0.396 e. The normalized spacial score (nSPS) is 11.3. The molecule has 0 bridgehead atoms. The van der Waals surface area contributed by atoms with Crippen molar-refractivity contribution in [2.45, 2.75) is 32.7 Å². The predicted octanol–water partition coefficient (Wildman–Crippen LogP) is 3.12. The van der Waals surface area contributed by atoms with Crippen LogP contribution in [0.2, 0.25) is 5.02 Å². The molecule has 0 spiro atoms. The number of aliphatic hydroxyl groups is 1. The first-order valence-electron chi connectivity index (χ1n) is 7.33. The summed E-state index contributed by atoms with van der Waals surface area (Å²) in [7, 11) is 0. The van der Waals surface area contributed by atoms with E-state index in [1.54, 1.807) is 16.9 Å². The number of urea groups is 1. The zero-order valence-electron chi connectivity index (χ0n) is 13.4. The fraction of sp³-hybridized carbons (Fsp3) is 0.375. The second-order valence-corrected chi connectivity index (χ2v) is 6.40. The van der Waals surface area contributed by atoms with Crippen molar-refractivity contribution in [2.75, 3.05) is 11.9 Å². The maximum Gasteiger partial charge on any atom is 0.320 e. The van der Waals surface area contributed by atoms with Crippen LogP contribution in [0, 0.1) is 6.92 Å². The van der Waals surface area contributed by atoms with E-state index in [0.717, 1.165) is 11.3 Å². The molecule has 124 valence electrons. The predicted molar refractivity (Wildman–Crippen MR) is 91.2 cm³/mol. The van der Waals surface area contributed by atoms with Gasteiger partial charge in [-0.1, -0.05) is 23.7 Å². The molecule has 0 atom stereocenters. The van der Waals surface area contributed by atoms with Gasteiger partial charge in [-0.2, -0.15) is 0 Å². The Morgan fingerprint density at radius 1 is 1.39 bits per heavy atom. The zero-order chi connectivity index (χ0) is 17.0. The lowest BCUT2D eigenvalue weighted by Gasteiger charge is -2.25. The number of para-hydroxylation sites is 1. The van der Waals surface area contributed by atoms with E-state index in [9.17, 15) is 4.79 Å². The van der Waals surface area contributed by atoms with Gasteiger partial charge in [-0.25, -0.2) is 9.48 Å². The lowest BCUT2D eigenvalue weighted by molar-refractivity contribution is 0.218. The molecule has 7 heteroatoms. The van der Waals surface area contributed by atoms with E-state index < -0.39 is 5.54 Å². The molecule has 0 saturated carbocycles. The number of aliphatic hydroxyl groups excluding tert-OH is 1. The number of rotatable bonds is 5. The van der Waals surface area contributed by atoms with Gasteiger partial charge in [0.15, 0.2) is 5.82 Å².